The second-order valence-electron chi connectivity index (χ2n) is 6.48. The molecule has 0 fully saturated rings. The van der Waals surface area contributed by atoms with Crippen LogP contribution in [0.1, 0.15) is 35.2 Å². The Morgan fingerprint density at radius 2 is 1.93 bits per heavy atom. The highest BCUT2D eigenvalue weighted by Crippen LogP contribution is 2.29. The molecular formula is C21H26N2O7. The van der Waals surface area contributed by atoms with Gasteiger partial charge in [0.05, 0.1) is 18.9 Å². The number of ether oxygens (including phenoxy) is 1. The molecule has 0 aromatic heterocycles. The van der Waals surface area contributed by atoms with Gasteiger partial charge in [0.1, 0.15) is 17.1 Å². The first kappa shape index (κ1) is 23.0. The molecule has 0 spiro atoms. The van der Waals surface area contributed by atoms with E-state index in [0.29, 0.717) is 17.7 Å². The Bertz CT molecular complexity index is 831. The quantitative estimate of drug-likeness (QED) is 0.323. The number of allylic oxidation sites excluding steroid dienone is 3. The SMILES string of the molecule is O=C(CO/N=C1\C=C\CC/C=C/CCOC(=O)c2c(O)cc(O)cc2C1)NCCO. The van der Waals surface area contributed by atoms with Gasteiger partial charge in [0.2, 0.25) is 0 Å². The number of fused-ring (bicyclic) bond motifs is 1. The number of aliphatic hydroxyl groups excluding tert-OH is 1. The Balaban J connectivity index is 2.28. The van der Waals surface area contributed by atoms with Crippen molar-refractivity contribution in [2.45, 2.75) is 25.7 Å². The van der Waals surface area contributed by atoms with Crippen LogP contribution in [0.4, 0.5) is 0 Å². The van der Waals surface area contributed by atoms with E-state index in [1.165, 1.54) is 6.07 Å². The summed E-state index contributed by atoms with van der Waals surface area (Å²) in [7, 11) is 0. The van der Waals surface area contributed by atoms with E-state index in [-0.39, 0.29) is 44.1 Å². The van der Waals surface area contributed by atoms with E-state index in [1.54, 1.807) is 6.08 Å². The molecule has 1 aliphatic rings. The topological polar surface area (TPSA) is 138 Å². The lowest BCUT2D eigenvalue weighted by atomic mass is 10.00. The number of aromatic hydroxyl groups is 2. The van der Waals surface area contributed by atoms with E-state index in [1.807, 2.05) is 18.2 Å². The largest absolute Gasteiger partial charge is 0.508 e. The summed E-state index contributed by atoms with van der Waals surface area (Å²) in [5, 5.41) is 35.2. The number of rotatable bonds is 5. The molecule has 0 atom stereocenters. The summed E-state index contributed by atoms with van der Waals surface area (Å²) in [5.41, 5.74) is 0.627. The van der Waals surface area contributed by atoms with Crippen LogP contribution in [0, 0.1) is 0 Å². The summed E-state index contributed by atoms with van der Waals surface area (Å²) in [6.07, 6.45) is 9.61. The van der Waals surface area contributed by atoms with Gasteiger partial charge in [-0.1, -0.05) is 23.4 Å². The van der Waals surface area contributed by atoms with Crippen LogP contribution < -0.4 is 5.32 Å². The van der Waals surface area contributed by atoms with Gasteiger partial charge in [0.15, 0.2) is 6.61 Å². The molecule has 0 aliphatic carbocycles. The molecule has 4 N–H and O–H groups in total. The number of nitrogens with one attached hydrogen (secondary N) is 1. The minimum Gasteiger partial charge on any atom is -0.508 e. The monoisotopic (exact) mass is 418 g/mol. The van der Waals surface area contributed by atoms with Gasteiger partial charge in [-0.25, -0.2) is 4.79 Å². The lowest BCUT2D eigenvalue weighted by Gasteiger charge is -2.12. The number of hydrogen-bond donors (Lipinski definition) is 4. The number of amides is 1. The lowest BCUT2D eigenvalue weighted by Crippen LogP contribution is -2.29. The van der Waals surface area contributed by atoms with Crippen LogP contribution in [0.25, 0.3) is 0 Å². The van der Waals surface area contributed by atoms with Gasteiger partial charge in [-0.3, -0.25) is 4.79 Å². The highest BCUT2D eigenvalue weighted by atomic mass is 16.6. The number of phenols is 2. The molecule has 2 rings (SSSR count). The number of carbonyl (C=O) groups excluding carboxylic acids is 2. The van der Waals surface area contributed by atoms with Crippen molar-refractivity contribution in [2.24, 2.45) is 5.16 Å². The van der Waals surface area contributed by atoms with Gasteiger partial charge in [-0.05, 0) is 37.0 Å². The first-order chi connectivity index (χ1) is 14.5. The highest BCUT2D eigenvalue weighted by Gasteiger charge is 2.20. The van der Waals surface area contributed by atoms with Gasteiger partial charge in [0, 0.05) is 19.0 Å². The molecule has 1 aromatic carbocycles. The Labute approximate surface area is 174 Å². The van der Waals surface area contributed by atoms with Crippen LogP contribution in [0.2, 0.25) is 0 Å². The fourth-order valence-electron chi connectivity index (χ4n) is 2.72. The Morgan fingerprint density at radius 3 is 2.73 bits per heavy atom. The van der Waals surface area contributed by atoms with Crippen molar-refractivity contribution in [1.29, 1.82) is 0 Å². The maximum Gasteiger partial charge on any atom is 0.342 e. The fourth-order valence-corrected chi connectivity index (χ4v) is 2.72. The van der Waals surface area contributed by atoms with E-state index in [9.17, 15) is 19.8 Å². The molecule has 162 valence electrons. The van der Waals surface area contributed by atoms with E-state index in [0.717, 1.165) is 18.9 Å². The summed E-state index contributed by atoms with van der Waals surface area (Å²) >= 11 is 0. The normalized spacial score (nSPS) is 18.6. The number of oxime groups is 1. The average molecular weight is 418 g/mol. The van der Waals surface area contributed by atoms with E-state index in [2.05, 4.69) is 10.5 Å². The van der Waals surface area contributed by atoms with Crippen molar-refractivity contribution in [3.8, 4) is 11.5 Å². The molecule has 9 nitrogen and oxygen atoms in total. The molecule has 1 aliphatic heterocycles. The van der Waals surface area contributed by atoms with Crippen LogP contribution in [0.15, 0.2) is 41.6 Å². The minimum absolute atomic E-state index is 0.0526. The molecule has 1 aromatic rings. The zero-order valence-corrected chi connectivity index (χ0v) is 16.5. The maximum atomic E-state index is 12.5. The molecule has 1 heterocycles. The highest BCUT2D eigenvalue weighted by molar-refractivity contribution is 6.00. The molecule has 9 heteroatoms. The van der Waals surface area contributed by atoms with Crippen LogP contribution >= 0.6 is 0 Å². The molecular weight excluding hydrogens is 392 g/mol. The first-order valence-electron chi connectivity index (χ1n) is 9.61. The summed E-state index contributed by atoms with van der Waals surface area (Å²) < 4.78 is 5.23. The summed E-state index contributed by atoms with van der Waals surface area (Å²) in [4.78, 5) is 29.1. The van der Waals surface area contributed by atoms with Crippen molar-refractivity contribution in [2.75, 3.05) is 26.4 Å². The maximum absolute atomic E-state index is 12.5. The number of nitrogens with zero attached hydrogens (tertiary/aromatic N) is 1. The Kier molecular flexibility index (Phi) is 9.39. The first-order valence-corrected chi connectivity index (χ1v) is 9.61. The molecule has 0 unspecified atom stereocenters. The summed E-state index contributed by atoms with van der Waals surface area (Å²) in [6, 6.07) is 2.41. The fraction of sp³-hybridized carbons (Fsp3) is 0.381. The number of cyclic esters (lactones) is 1. The number of aliphatic hydroxyl groups is 1. The standard InChI is InChI=1S/C21H26N2O7/c24-9-8-22-19(27)14-30-23-16-7-5-3-1-2-4-6-10-29-21(28)20-15(11-16)12-17(25)13-18(20)26/h2,4-5,7,12-13,24-26H,1,3,6,8-11,14H2,(H,22,27)/b4-2+,7-5+,23-16+. The van der Waals surface area contributed by atoms with Crippen molar-refractivity contribution < 1.29 is 34.5 Å². The zero-order chi connectivity index (χ0) is 21.8. The third-order valence-corrected chi connectivity index (χ3v) is 4.07. The number of benzene rings is 1. The number of carbonyl (C=O) groups is 2. The predicted octanol–water partition coefficient (Wildman–Crippen LogP) is 1.57. The van der Waals surface area contributed by atoms with Gasteiger partial charge >= 0.3 is 5.97 Å². The van der Waals surface area contributed by atoms with Gasteiger partial charge in [-0.2, -0.15) is 0 Å². The molecule has 30 heavy (non-hydrogen) atoms. The van der Waals surface area contributed by atoms with Crippen molar-refractivity contribution in [3.63, 3.8) is 0 Å². The predicted molar refractivity (Wildman–Crippen MR) is 109 cm³/mol. The van der Waals surface area contributed by atoms with E-state index in [4.69, 9.17) is 14.7 Å². The number of phenolic OH excluding ortho intramolecular Hbond substituents is 2. The second-order valence-corrected chi connectivity index (χ2v) is 6.48. The van der Waals surface area contributed by atoms with Gasteiger partial charge in [-0.15, -0.1) is 0 Å². The smallest absolute Gasteiger partial charge is 0.342 e. The number of esters is 1. The zero-order valence-electron chi connectivity index (χ0n) is 16.5. The van der Waals surface area contributed by atoms with Gasteiger partial charge < -0.3 is 30.2 Å². The third kappa shape index (κ3) is 7.59. The second kappa shape index (κ2) is 12.3. The van der Waals surface area contributed by atoms with Gasteiger partial charge in [0.25, 0.3) is 5.91 Å². The van der Waals surface area contributed by atoms with E-state index >= 15 is 0 Å². The van der Waals surface area contributed by atoms with Crippen molar-refractivity contribution in [3.05, 3.63) is 47.6 Å². The third-order valence-electron chi connectivity index (χ3n) is 4.07. The minimum atomic E-state index is -0.708. The Hall–Kier alpha value is -3.33. The molecule has 1 amide bonds. The molecule has 0 radical (unpaired) electrons. The summed E-state index contributed by atoms with van der Waals surface area (Å²) in [5.74, 6) is -1.76. The van der Waals surface area contributed by atoms with Crippen LogP contribution in [-0.2, 0) is 20.8 Å². The van der Waals surface area contributed by atoms with Crippen LogP contribution in [-0.4, -0.2) is 59.3 Å². The van der Waals surface area contributed by atoms with Crippen molar-refractivity contribution in [1.82, 2.24) is 5.32 Å². The summed E-state index contributed by atoms with van der Waals surface area (Å²) in [6.45, 7) is -0.254. The van der Waals surface area contributed by atoms with Crippen LogP contribution in [0.3, 0.4) is 0 Å². The van der Waals surface area contributed by atoms with Crippen molar-refractivity contribution >= 4 is 17.6 Å². The van der Waals surface area contributed by atoms with Crippen LogP contribution in [0.5, 0.6) is 11.5 Å². The molecule has 0 saturated heterocycles. The average Bonchev–Trinajstić information content (AvgIpc) is 2.69. The Morgan fingerprint density at radius 1 is 1.17 bits per heavy atom. The van der Waals surface area contributed by atoms with E-state index < -0.39 is 17.6 Å². The molecule has 0 bridgehead atoms. The lowest BCUT2D eigenvalue weighted by molar-refractivity contribution is -0.125. The number of hydrogen-bond acceptors (Lipinski definition) is 8. The molecule has 0 saturated carbocycles.